The number of thioether (sulfide) groups is 1. The highest BCUT2D eigenvalue weighted by Crippen LogP contribution is 2.31. The van der Waals surface area contributed by atoms with Gasteiger partial charge in [0, 0.05) is 26.3 Å². The largest absolute Gasteiger partial charge is 0.378 e. The van der Waals surface area contributed by atoms with Crippen molar-refractivity contribution in [3.63, 3.8) is 0 Å². The second-order valence-electron chi connectivity index (χ2n) is 6.91. The van der Waals surface area contributed by atoms with Gasteiger partial charge in [0.25, 0.3) is 0 Å². The van der Waals surface area contributed by atoms with Gasteiger partial charge in [0.1, 0.15) is 0 Å². The average Bonchev–Trinajstić information content (AvgIpc) is 3.00. The van der Waals surface area contributed by atoms with E-state index in [2.05, 4.69) is 16.8 Å². The molecular formula is C22H22Cl2N4OS. The summed E-state index contributed by atoms with van der Waals surface area (Å²) in [5.74, 6) is -0.0183. The average molecular weight is 461 g/mol. The van der Waals surface area contributed by atoms with Crippen LogP contribution in [0.4, 0.5) is 5.69 Å². The summed E-state index contributed by atoms with van der Waals surface area (Å²) in [7, 11) is 3.98. The zero-order valence-electron chi connectivity index (χ0n) is 16.8. The molecule has 0 aliphatic carbocycles. The highest BCUT2D eigenvalue weighted by molar-refractivity contribution is 8.15. The monoisotopic (exact) mass is 460 g/mol. The Morgan fingerprint density at radius 2 is 1.90 bits per heavy atom. The SMILES string of the molecule is C=CCN1C(=O)C(Cc2ccc(Cl)c(Cl)c2)S/C1=N\N=C/c1ccc(N(C)C)cc1. The van der Waals surface area contributed by atoms with Gasteiger partial charge in [0.05, 0.1) is 21.5 Å². The van der Waals surface area contributed by atoms with E-state index in [1.807, 2.05) is 49.3 Å². The Morgan fingerprint density at radius 3 is 2.53 bits per heavy atom. The number of carbonyl (C=O) groups excluding carboxylic acids is 1. The van der Waals surface area contributed by atoms with Crippen molar-refractivity contribution < 1.29 is 4.79 Å². The topological polar surface area (TPSA) is 48.3 Å². The van der Waals surface area contributed by atoms with Crippen LogP contribution < -0.4 is 4.90 Å². The van der Waals surface area contributed by atoms with E-state index < -0.39 is 0 Å². The van der Waals surface area contributed by atoms with Gasteiger partial charge in [-0.3, -0.25) is 9.69 Å². The Labute approximate surface area is 191 Å². The van der Waals surface area contributed by atoms with Crippen LogP contribution in [0.3, 0.4) is 0 Å². The highest BCUT2D eigenvalue weighted by Gasteiger charge is 2.37. The first-order valence-electron chi connectivity index (χ1n) is 9.30. The summed E-state index contributed by atoms with van der Waals surface area (Å²) in [4.78, 5) is 16.5. The molecule has 1 fully saturated rings. The summed E-state index contributed by atoms with van der Waals surface area (Å²) >= 11 is 13.5. The lowest BCUT2D eigenvalue weighted by Gasteiger charge is -2.13. The zero-order chi connectivity index (χ0) is 21.7. The summed E-state index contributed by atoms with van der Waals surface area (Å²) in [5, 5.41) is 9.73. The van der Waals surface area contributed by atoms with Crippen molar-refractivity contribution in [2.24, 2.45) is 10.2 Å². The van der Waals surface area contributed by atoms with Gasteiger partial charge >= 0.3 is 0 Å². The number of hydrogen-bond acceptors (Lipinski definition) is 5. The molecule has 1 heterocycles. The fourth-order valence-corrected chi connectivity index (χ4v) is 4.36. The molecule has 0 N–H and O–H groups in total. The van der Waals surface area contributed by atoms with Crippen molar-refractivity contribution in [3.05, 3.63) is 76.3 Å². The van der Waals surface area contributed by atoms with Crippen molar-refractivity contribution in [3.8, 4) is 0 Å². The van der Waals surface area contributed by atoms with Gasteiger partial charge in [-0.15, -0.1) is 11.7 Å². The summed E-state index contributed by atoms with van der Waals surface area (Å²) in [5.41, 5.74) is 2.99. The minimum absolute atomic E-state index is 0.0183. The van der Waals surface area contributed by atoms with Crippen LogP contribution in [0.15, 0.2) is 65.3 Å². The molecule has 1 aliphatic rings. The molecule has 0 aromatic heterocycles. The van der Waals surface area contributed by atoms with Gasteiger partial charge < -0.3 is 4.90 Å². The molecule has 156 valence electrons. The third kappa shape index (κ3) is 5.45. The number of nitrogens with zero attached hydrogens (tertiary/aromatic N) is 4. The zero-order valence-corrected chi connectivity index (χ0v) is 19.1. The molecule has 1 aliphatic heterocycles. The number of anilines is 1. The molecule has 2 aromatic rings. The Balaban J connectivity index is 1.74. The van der Waals surface area contributed by atoms with Crippen LogP contribution in [0, 0.1) is 0 Å². The highest BCUT2D eigenvalue weighted by atomic mass is 35.5. The molecule has 0 spiro atoms. The van der Waals surface area contributed by atoms with Crippen molar-refractivity contribution >= 4 is 57.9 Å². The molecule has 1 amide bonds. The van der Waals surface area contributed by atoms with Gasteiger partial charge in [0.15, 0.2) is 5.17 Å². The number of amidine groups is 1. The standard InChI is InChI=1S/C22H22Cl2N4OS/c1-4-11-28-21(29)20(13-16-7-10-18(23)19(24)12-16)30-22(28)26-25-14-15-5-8-17(9-6-15)27(2)3/h4-10,12,14,20H,1,11,13H2,2-3H3/b25-14-,26-22-. The van der Waals surface area contributed by atoms with Crippen LogP contribution in [0.2, 0.25) is 10.0 Å². The third-order valence-corrected chi connectivity index (χ3v) is 6.40. The predicted octanol–water partition coefficient (Wildman–Crippen LogP) is 5.12. The van der Waals surface area contributed by atoms with Crippen molar-refractivity contribution in [1.82, 2.24) is 4.90 Å². The van der Waals surface area contributed by atoms with Gasteiger partial charge in [-0.05, 0) is 41.8 Å². The van der Waals surface area contributed by atoms with Crippen LogP contribution in [0.1, 0.15) is 11.1 Å². The predicted molar refractivity (Wildman–Crippen MR) is 129 cm³/mol. The van der Waals surface area contributed by atoms with Gasteiger partial charge in [-0.1, -0.05) is 59.2 Å². The lowest BCUT2D eigenvalue weighted by Crippen LogP contribution is -2.32. The molecule has 5 nitrogen and oxygen atoms in total. The first kappa shape index (κ1) is 22.4. The number of hydrogen-bond donors (Lipinski definition) is 0. The van der Waals surface area contributed by atoms with Crippen LogP contribution in [-0.2, 0) is 11.2 Å². The maximum absolute atomic E-state index is 12.9. The van der Waals surface area contributed by atoms with Crippen molar-refractivity contribution in [2.45, 2.75) is 11.7 Å². The van der Waals surface area contributed by atoms with Crippen molar-refractivity contribution in [1.29, 1.82) is 0 Å². The second-order valence-corrected chi connectivity index (χ2v) is 8.89. The smallest absolute Gasteiger partial charge is 0.242 e. The first-order chi connectivity index (χ1) is 14.4. The second kappa shape index (κ2) is 10.2. The molecule has 0 saturated carbocycles. The van der Waals surface area contributed by atoms with Crippen LogP contribution >= 0.6 is 35.0 Å². The Hall–Kier alpha value is -2.28. The molecule has 2 aromatic carbocycles. The fraction of sp³-hybridized carbons (Fsp3) is 0.227. The molecule has 30 heavy (non-hydrogen) atoms. The molecule has 0 bridgehead atoms. The van der Waals surface area contributed by atoms with Gasteiger partial charge in [-0.2, -0.15) is 5.10 Å². The maximum atomic E-state index is 12.9. The summed E-state index contributed by atoms with van der Waals surface area (Å²) < 4.78 is 0. The molecule has 3 rings (SSSR count). The van der Waals surface area contributed by atoms with E-state index in [9.17, 15) is 4.79 Å². The van der Waals surface area contributed by atoms with E-state index in [0.29, 0.717) is 28.2 Å². The van der Waals surface area contributed by atoms with E-state index >= 15 is 0 Å². The fourth-order valence-electron chi connectivity index (χ4n) is 2.90. The molecular weight excluding hydrogens is 439 g/mol. The number of carbonyl (C=O) groups is 1. The van der Waals surface area contributed by atoms with Crippen LogP contribution in [0.5, 0.6) is 0 Å². The Morgan fingerprint density at radius 1 is 1.17 bits per heavy atom. The molecule has 8 heteroatoms. The van der Waals surface area contributed by atoms with Crippen molar-refractivity contribution in [2.75, 3.05) is 25.5 Å². The molecule has 1 saturated heterocycles. The first-order valence-corrected chi connectivity index (χ1v) is 10.9. The number of halogens is 2. The van der Waals surface area contributed by atoms with E-state index in [4.69, 9.17) is 23.2 Å². The van der Waals surface area contributed by atoms with Gasteiger partial charge in [0.2, 0.25) is 5.91 Å². The lowest BCUT2D eigenvalue weighted by molar-refractivity contribution is -0.125. The molecule has 1 unspecified atom stereocenters. The molecule has 0 radical (unpaired) electrons. The van der Waals surface area contributed by atoms with E-state index in [1.165, 1.54) is 11.8 Å². The van der Waals surface area contributed by atoms with E-state index in [0.717, 1.165) is 16.8 Å². The summed E-state index contributed by atoms with van der Waals surface area (Å²) in [6.07, 6.45) is 3.89. The third-order valence-electron chi connectivity index (χ3n) is 4.50. The van der Waals surface area contributed by atoms with Gasteiger partial charge in [-0.25, -0.2) is 0 Å². The maximum Gasteiger partial charge on any atom is 0.242 e. The minimum atomic E-state index is -0.296. The molecule has 1 atom stereocenters. The van der Waals surface area contributed by atoms with Crippen LogP contribution in [-0.4, -0.2) is 48.1 Å². The summed E-state index contributed by atoms with van der Waals surface area (Å²) in [6, 6.07) is 13.4. The van der Waals surface area contributed by atoms with E-state index in [-0.39, 0.29) is 11.2 Å². The Bertz CT molecular complexity index is 989. The Kier molecular flexibility index (Phi) is 7.58. The minimum Gasteiger partial charge on any atom is -0.378 e. The summed E-state index contributed by atoms with van der Waals surface area (Å²) in [6.45, 7) is 4.13. The number of benzene rings is 2. The van der Waals surface area contributed by atoms with Crippen LogP contribution in [0.25, 0.3) is 0 Å². The quantitative estimate of drug-likeness (QED) is 0.327. The lowest BCUT2D eigenvalue weighted by atomic mass is 10.1. The number of amides is 1. The van der Waals surface area contributed by atoms with E-state index in [1.54, 1.807) is 29.3 Å². The normalized spacial score (nSPS) is 17.9. The number of rotatable bonds is 7.